The summed E-state index contributed by atoms with van der Waals surface area (Å²) in [7, 11) is 9.21. The van der Waals surface area contributed by atoms with E-state index in [-0.39, 0.29) is 29.9 Å². The summed E-state index contributed by atoms with van der Waals surface area (Å²) in [6.45, 7) is 1.45. The van der Waals surface area contributed by atoms with Crippen LogP contribution in [-0.2, 0) is 21.1 Å². The van der Waals surface area contributed by atoms with Crippen LogP contribution in [0.2, 0.25) is 0 Å². The Balaban J connectivity index is 0.00000456. The van der Waals surface area contributed by atoms with Gasteiger partial charge >= 0.3 is 0 Å². The van der Waals surface area contributed by atoms with Gasteiger partial charge in [0.15, 0.2) is 0 Å². The zero-order valence-corrected chi connectivity index (χ0v) is 21.8. The van der Waals surface area contributed by atoms with Crippen LogP contribution in [0.15, 0.2) is 36.8 Å². The number of amides is 2. The minimum atomic E-state index is -0.438. The average Bonchev–Trinajstić information content (AvgIpc) is 3.45. The van der Waals surface area contributed by atoms with Gasteiger partial charge in [0.25, 0.3) is 17.5 Å². The summed E-state index contributed by atoms with van der Waals surface area (Å²) < 4.78 is 5.04. The van der Waals surface area contributed by atoms with E-state index in [1.54, 1.807) is 71.5 Å². The number of hydrogen-bond donors (Lipinski definition) is 2. The van der Waals surface area contributed by atoms with Crippen LogP contribution in [-0.4, -0.2) is 62.5 Å². The number of nitrogens with zero attached hydrogens (tertiary/aromatic N) is 5. The normalized spacial score (nSPS) is 11.1. The first kappa shape index (κ1) is 28.4. The number of aryl methyl sites for hydroxylation is 3. The highest BCUT2D eigenvalue weighted by Gasteiger charge is 2.16. The lowest BCUT2D eigenvalue weighted by molar-refractivity contribution is -0.384. The van der Waals surface area contributed by atoms with Crippen LogP contribution in [0.25, 0.3) is 12.2 Å². The van der Waals surface area contributed by atoms with Gasteiger partial charge in [-0.1, -0.05) is 6.08 Å². The third kappa shape index (κ3) is 7.09. The largest absolute Gasteiger partial charge is 0.351 e. The number of carbonyl (C=O) groups excluding carboxylic acids is 2. The van der Waals surface area contributed by atoms with Crippen molar-refractivity contribution in [2.45, 2.75) is 6.42 Å². The van der Waals surface area contributed by atoms with Crippen molar-refractivity contribution in [3.05, 3.63) is 69.5 Å². The Hall–Kier alpha value is -3.83. The van der Waals surface area contributed by atoms with Crippen LogP contribution in [0.1, 0.15) is 38.7 Å². The number of aromatic nitrogens is 3. The molecule has 0 bridgehead atoms. The van der Waals surface area contributed by atoms with E-state index in [1.807, 2.05) is 14.1 Å². The van der Waals surface area contributed by atoms with Crippen molar-refractivity contribution in [1.29, 1.82) is 0 Å². The molecular weight excluding hydrogens is 486 g/mol. The molecule has 11 nitrogen and oxygen atoms in total. The van der Waals surface area contributed by atoms with Crippen molar-refractivity contribution < 1.29 is 14.5 Å². The minimum absolute atomic E-state index is 0. The van der Waals surface area contributed by atoms with Crippen molar-refractivity contribution in [3.8, 4) is 0 Å². The molecule has 2 N–H and O–H groups in total. The third-order valence-corrected chi connectivity index (χ3v) is 5.51. The molecule has 3 rings (SSSR count). The van der Waals surface area contributed by atoms with E-state index < -0.39 is 4.92 Å². The van der Waals surface area contributed by atoms with Crippen molar-refractivity contribution >= 4 is 47.7 Å². The summed E-state index contributed by atoms with van der Waals surface area (Å²) in [6, 6.07) is 4.86. The van der Waals surface area contributed by atoms with Crippen molar-refractivity contribution in [2.75, 3.05) is 32.5 Å². The molecule has 0 aromatic carbocycles. The van der Waals surface area contributed by atoms with Gasteiger partial charge in [-0.3, -0.25) is 19.7 Å². The van der Waals surface area contributed by atoms with Gasteiger partial charge in [0.05, 0.1) is 16.8 Å². The van der Waals surface area contributed by atoms with E-state index >= 15 is 0 Å². The third-order valence-electron chi connectivity index (χ3n) is 5.51. The monoisotopic (exact) mass is 517 g/mol. The summed E-state index contributed by atoms with van der Waals surface area (Å²) in [5.41, 5.74) is 2.86. The van der Waals surface area contributed by atoms with Crippen LogP contribution in [0.3, 0.4) is 0 Å². The second-order valence-electron chi connectivity index (χ2n) is 8.69. The van der Waals surface area contributed by atoms with Gasteiger partial charge in [-0.25, -0.2) is 0 Å². The van der Waals surface area contributed by atoms with Gasteiger partial charge in [-0.05, 0) is 50.8 Å². The first-order valence-corrected chi connectivity index (χ1v) is 11.1. The number of nitrogens with one attached hydrogen (secondary N) is 2. The predicted octanol–water partition coefficient (Wildman–Crippen LogP) is 3.14. The Kier molecular flexibility index (Phi) is 9.65. The van der Waals surface area contributed by atoms with E-state index in [0.29, 0.717) is 29.3 Å². The number of carbonyl (C=O) groups is 2. The highest BCUT2D eigenvalue weighted by molar-refractivity contribution is 6.04. The van der Waals surface area contributed by atoms with Gasteiger partial charge < -0.3 is 29.2 Å². The zero-order valence-electron chi connectivity index (χ0n) is 21.0. The maximum Gasteiger partial charge on any atom is 0.287 e. The smallest absolute Gasteiger partial charge is 0.287 e. The molecule has 194 valence electrons. The van der Waals surface area contributed by atoms with Gasteiger partial charge in [-0.2, -0.15) is 0 Å². The number of rotatable bonds is 10. The molecule has 0 atom stereocenters. The molecule has 3 aromatic heterocycles. The Labute approximate surface area is 215 Å². The minimum Gasteiger partial charge on any atom is -0.351 e. The van der Waals surface area contributed by atoms with E-state index in [1.165, 1.54) is 12.3 Å². The summed E-state index contributed by atoms with van der Waals surface area (Å²) in [5.74, 6) is -0.510. The maximum atomic E-state index is 12.9. The zero-order chi connectivity index (χ0) is 25.7. The van der Waals surface area contributed by atoms with Crippen molar-refractivity contribution in [2.24, 2.45) is 21.1 Å². The fourth-order valence-electron chi connectivity index (χ4n) is 3.66. The number of halogens is 1. The summed E-state index contributed by atoms with van der Waals surface area (Å²) >= 11 is 0. The maximum absolute atomic E-state index is 12.9. The van der Waals surface area contributed by atoms with Gasteiger partial charge in [0.1, 0.15) is 11.4 Å². The summed E-state index contributed by atoms with van der Waals surface area (Å²) in [5, 5.41) is 16.7. The first-order chi connectivity index (χ1) is 16.5. The number of hydrogen-bond acceptors (Lipinski definition) is 5. The van der Waals surface area contributed by atoms with E-state index in [2.05, 4.69) is 15.5 Å². The van der Waals surface area contributed by atoms with Gasteiger partial charge in [0, 0.05) is 51.8 Å². The highest BCUT2D eigenvalue weighted by Crippen LogP contribution is 2.19. The molecule has 0 spiro atoms. The summed E-state index contributed by atoms with van der Waals surface area (Å²) in [4.78, 5) is 37.9. The standard InChI is InChI=1S/C24H31N7O4.ClH/c1-27(2)10-6-9-25-23(32)22-12-18(15-30(22)5)26-24(33)21-11-17(14-29(21)4)7-8-19-13-20(31(34)35)16-28(19)3;/h7-8,11-16H,6,9-10H2,1-5H3,(H,25,32)(H,26,33);1H/b8-7+;. The van der Waals surface area contributed by atoms with Crippen LogP contribution < -0.4 is 10.6 Å². The number of nitro groups is 1. The molecule has 0 aliphatic heterocycles. The lowest BCUT2D eigenvalue weighted by atomic mass is 10.2. The molecule has 0 saturated carbocycles. The molecule has 0 aliphatic rings. The molecule has 36 heavy (non-hydrogen) atoms. The second-order valence-corrected chi connectivity index (χ2v) is 8.69. The molecule has 0 radical (unpaired) electrons. The fraction of sp³-hybridized carbons (Fsp3) is 0.333. The Morgan fingerprint density at radius 1 is 0.972 bits per heavy atom. The van der Waals surface area contributed by atoms with E-state index in [0.717, 1.165) is 18.5 Å². The van der Waals surface area contributed by atoms with Crippen LogP contribution >= 0.6 is 12.4 Å². The van der Waals surface area contributed by atoms with Crippen LogP contribution in [0.4, 0.5) is 11.4 Å². The molecule has 12 heteroatoms. The lowest BCUT2D eigenvalue weighted by Gasteiger charge is -2.10. The molecule has 3 heterocycles. The Morgan fingerprint density at radius 2 is 1.64 bits per heavy atom. The molecule has 2 amide bonds. The molecule has 3 aromatic rings. The van der Waals surface area contributed by atoms with Crippen LogP contribution in [0, 0.1) is 10.1 Å². The van der Waals surface area contributed by atoms with Gasteiger partial charge in [-0.15, -0.1) is 12.4 Å². The fourth-order valence-corrected chi connectivity index (χ4v) is 3.66. The Morgan fingerprint density at radius 3 is 2.28 bits per heavy atom. The molecule has 0 aliphatic carbocycles. The topological polar surface area (TPSA) is 119 Å². The quantitative estimate of drug-likeness (QED) is 0.243. The highest BCUT2D eigenvalue weighted by atomic mass is 35.5. The van der Waals surface area contributed by atoms with E-state index in [9.17, 15) is 19.7 Å². The van der Waals surface area contributed by atoms with Crippen molar-refractivity contribution in [1.82, 2.24) is 23.9 Å². The summed E-state index contributed by atoms with van der Waals surface area (Å²) in [6.07, 6.45) is 9.32. The Bertz CT molecular complexity index is 1270. The first-order valence-electron chi connectivity index (χ1n) is 11.1. The van der Waals surface area contributed by atoms with Crippen molar-refractivity contribution in [3.63, 3.8) is 0 Å². The average molecular weight is 518 g/mol. The number of anilines is 1. The van der Waals surface area contributed by atoms with Gasteiger partial charge in [0.2, 0.25) is 0 Å². The molecule has 0 fully saturated rings. The second kappa shape index (κ2) is 12.2. The molecule has 0 saturated heterocycles. The molecular formula is C24H32ClN7O4. The molecule has 0 unspecified atom stereocenters. The SMILES string of the molecule is CN(C)CCCNC(=O)c1cc(NC(=O)c2cc(/C=C/c3cc([N+](=O)[O-])cn3C)cn2C)cn1C.Cl. The van der Waals surface area contributed by atoms with Crippen LogP contribution in [0.5, 0.6) is 0 Å². The lowest BCUT2D eigenvalue weighted by Crippen LogP contribution is -2.28. The van der Waals surface area contributed by atoms with E-state index in [4.69, 9.17) is 0 Å². The predicted molar refractivity (Wildman–Crippen MR) is 143 cm³/mol.